The number of nitrogens with zero attached hydrogens (tertiary/aromatic N) is 2. The Hall–Kier alpha value is -2.53. The molecule has 5 heteroatoms. The first-order valence-electron chi connectivity index (χ1n) is 10.9. The fraction of sp³-hybridized carbons (Fsp3) is 0.480. The number of piperidine rings is 1. The Labute approximate surface area is 180 Å². The number of carbonyl (C=O) groups is 1. The van der Waals surface area contributed by atoms with Gasteiger partial charge in [0.2, 0.25) is 0 Å². The number of likely N-dealkylation sites (N-methyl/N-ethyl adjacent to an activating group) is 1. The molecule has 2 aromatic carbocycles. The molecule has 0 saturated carbocycles. The van der Waals surface area contributed by atoms with Crippen LogP contribution in [0.5, 0.6) is 11.5 Å². The second-order valence-electron chi connectivity index (χ2n) is 8.48. The molecule has 30 heavy (non-hydrogen) atoms. The molecule has 1 amide bonds. The van der Waals surface area contributed by atoms with Crippen LogP contribution in [0.3, 0.4) is 0 Å². The molecular formula is C25H34N2O3. The fourth-order valence-electron chi connectivity index (χ4n) is 3.66. The Morgan fingerprint density at radius 2 is 1.67 bits per heavy atom. The number of hydrogen-bond acceptors (Lipinski definition) is 4. The van der Waals surface area contributed by atoms with Crippen LogP contribution >= 0.6 is 0 Å². The molecule has 3 rings (SSSR count). The second kappa shape index (κ2) is 11.0. The van der Waals surface area contributed by atoms with Gasteiger partial charge in [-0.2, -0.15) is 0 Å². The van der Waals surface area contributed by atoms with E-state index in [1.54, 1.807) is 0 Å². The number of amides is 1. The van der Waals surface area contributed by atoms with Crippen LogP contribution in [-0.2, 0) is 11.2 Å². The minimum atomic E-state index is -0.164. The number of rotatable bonds is 8. The van der Waals surface area contributed by atoms with Crippen LogP contribution < -0.4 is 4.74 Å². The van der Waals surface area contributed by atoms with Gasteiger partial charge in [0.25, 0.3) is 0 Å². The minimum Gasteiger partial charge on any atom is -0.457 e. The Morgan fingerprint density at radius 1 is 1.03 bits per heavy atom. The highest BCUT2D eigenvalue weighted by Crippen LogP contribution is 2.22. The first kappa shape index (κ1) is 22.2. The van der Waals surface area contributed by atoms with Gasteiger partial charge >= 0.3 is 6.09 Å². The molecule has 2 aromatic rings. The van der Waals surface area contributed by atoms with Crippen molar-refractivity contribution in [2.75, 3.05) is 33.3 Å². The van der Waals surface area contributed by atoms with Gasteiger partial charge in [-0.25, -0.2) is 4.79 Å². The summed E-state index contributed by atoms with van der Waals surface area (Å²) in [4.78, 5) is 16.4. The molecule has 0 aliphatic carbocycles. The summed E-state index contributed by atoms with van der Waals surface area (Å²) in [5.74, 6) is 2.08. The predicted octanol–water partition coefficient (Wildman–Crippen LogP) is 5.21. The van der Waals surface area contributed by atoms with Gasteiger partial charge in [0, 0.05) is 25.7 Å². The molecular weight excluding hydrogens is 376 g/mol. The van der Waals surface area contributed by atoms with Gasteiger partial charge in [-0.3, -0.25) is 0 Å². The molecule has 0 spiro atoms. The highest BCUT2D eigenvalue weighted by atomic mass is 16.6. The van der Waals surface area contributed by atoms with E-state index in [9.17, 15) is 4.79 Å². The third-order valence-corrected chi connectivity index (χ3v) is 5.54. The van der Waals surface area contributed by atoms with Crippen molar-refractivity contribution in [1.82, 2.24) is 9.80 Å². The number of para-hydroxylation sites is 1. The number of carbonyl (C=O) groups excluding carboxylic acids is 1. The zero-order valence-corrected chi connectivity index (χ0v) is 18.4. The van der Waals surface area contributed by atoms with Crippen LogP contribution in [0.1, 0.15) is 32.3 Å². The van der Waals surface area contributed by atoms with Crippen LogP contribution in [0.25, 0.3) is 0 Å². The fourth-order valence-corrected chi connectivity index (χ4v) is 3.66. The summed E-state index contributed by atoms with van der Waals surface area (Å²) in [6.45, 7) is 7.15. The Morgan fingerprint density at radius 3 is 2.30 bits per heavy atom. The molecule has 1 aliphatic rings. The summed E-state index contributed by atoms with van der Waals surface area (Å²) in [5.41, 5.74) is 1.30. The summed E-state index contributed by atoms with van der Waals surface area (Å²) in [5, 5.41) is 0. The Kier molecular flexibility index (Phi) is 8.14. The van der Waals surface area contributed by atoms with Crippen LogP contribution in [0.2, 0.25) is 0 Å². The highest BCUT2D eigenvalue weighted by molar-refractivity contribution is 5.67. The molecule has 0 radical (unpaired) electrons. The highest BCUT2D eigenvalue weighted by Gasteiger charge is 2.26. The van der Waals surface area contributed by atoms with Crippen LogP contribution in [0, 0.1) is 5.92 Å². The van der Waals surface area contributed by atoms with Crippen LogP contribution in [-0.4, -0.2) is 55.2 Å². The molecule has 0 aromatic heterocycles. The van der Waals surface area contributed by atoms with Gasteiger partial charge < -0.3 is 19.3 Å². The van der Waals surface area contributed by atoms with E-state index in [0.717, 1.165) is 50.4 Å². The van der Waals surface area contributed by atoms with E-state index < -0.39 is 0 Å². The smallest absolute Gasteiger partial charge is 0.409 e. The third-order valence-electron chi connectivity index (χ3n) is 5.54. The summed E-state index contributed by atoms with van der Waals surface area (Å²) >= 11 is 0. The van der Waals surface area contributed by atoms with Crippen molar-refractivity contribution >= 4 is 6.09 Å². The average Bonchev–Trinajstić information content (AvgIpc) is 2.77. The minimum absolute atomic E-state index is 0.164. The van der Waals surface area contributed by atoms with Crippen LogP contribution in [0.15, 0.2) is 54.6 Å². The topological polar surface area (TPSA) is 42.0 Å². The number of hydrogen-bond donors (Lipinski definition) is 0. The van der Waals surface area contributed by atoms with E-state index in [2.05, 4.69) is 37.9 Å². The van der Waals surface area contributed by atoms with Gasteiger partial charge in [0.1, 0.15) is 11.5 Å². The first-order valence-corrected chi connectivity index (χ1v) is 10.9. The van der Waals surface area contributed by atoms with E-state index >= 15 is 0 Å². The van der Waals surface area contributed by atoms with Gasteiger partial charge in [0.15, 0.2) is 0 Å². The first-order chi connectivity index (χ1) is 14.5. The number of likely N-dealkylation sites (tertiary alicyclic amines) is 1. The lowest BCUT2D eigenvalue weighted by Crippen LogP contribution is -2.46. The summed E-state index contributed by atoms with van der Waals surface area (Å²) in [6.07, 6.45) is 2.83. The molecule has 1 saturated heterocycles. The van der Waals surface area contributed by atoms with Gasteiger partial charge in [-0.1, -0.05) is 44.2 Å². The van der Waals surface area contributed by atoms with Gasteiger partial charge in [-0.15, -0.1) is 0 Å². The van der Waals surface area contributed by atoms with E-state index in [1.165, 1.54) is 5.56 Å². The van der Waals surface area contributed by atoms with E-state index in [0.29, 0.717) is 18.6 Å². The van der Waals surface area contributed by atoms with Crippen molar-refractivity contribution in [2.45, 2.75) is 39.2 Å². The van der Waals surface area contributed by atoms with Crippen molar-refractivity contribution in [3.63, 3.8) is 0 Å². The molecule has 0 atom stereocenters. The van der Waals surface area contributed by atoms with Crippen molar-refractivity contribution in [3.8, 4) is 11.5 Å². The maximum Gasteiger partial charge on any atom is 0.409 e. The largest absolute Gasteiger partial charge is 0.457 e. The van der Waals surface area contributed by atoms with Gasteiger partial charge in [0.05, 0.1) is 6.61 Å². The quantitative estimate of drug-likeness (QED) is 0.599. The van der Waals surface area contributed by atoms with E-state index in [4.69, 9.17) is 9.47 Å². The Balaban J connectivity index is 1.39. The molecule has 162 valence electrons. The lowest BCUT2D eigenvalue weighted by molar-refractivity contribution is 0.0706. The summed E-state index contributed by atoms with van der Waals surface area (Å²) < 4.78 is 11.2. The van der Waals surface area contributed by atoms with Crippen molar-refractivity contribution in [3.05, 3.63) is 60.2 Å². The average molecular weight is 411 g/mol. The second-order valence-corrected chi connectivity index (χ2v) is 8.48. The lowest BCUT2D eigenvalue weighted by atomic mass is 10.0. The number of ether oxygens (including phenoxy) is 2. The molecule has 5 nitrogen and oxygen atoms in total. The van der Waals surface area contributed by atoms with E-state index in [1.807, 2.05) is 47.4 Å². The maximum atomic E-state index is 12.1. The molecule has 1 aliphatic heterocycles. The molecule has 0 bridgehead atoms. The van der Waals surface area contributed by atoms with Crippen molar-refractivity contribution in [1.29, 1.82) is 0 Å². The standard InChI is InChI=1S/C25H34N2O3/c1-20(2)19-29-25(28)27-17-14-22(15-18-27)26(3)16-13-21-9-11-24(12-10-21)30-23-7-5-4-6-8-23/h4-12,20,22H,13-19H2,1-3H3. The van der Waals surface area contributed by atoms with E-state index in [-0.39, 0.29) is 6.09 Å². The van der Waals surface area contributed by atoms with Crippen molar-refractivity contribution < 1.29 is 14.3 Å². The zero-order valence-electron chi connectivity index (χ0n) is 18.4. The summed E-state index contributed by atoms with van der Waals surface area (Å²) in [7, 11) is 2.18. The summed E-state index contributed by atoms with van der Waals surface area (Å²) in [6, 6.07) is 18.7. The molecule has 0 N–H and O–H groups in total. The number of benzene rings is 2. The van der Waals surface area contributed by atoms with Gasteiger partial charge in [-0.05, 0) is 62.1 Å². The third kappa shape index (κ3) is 6.77. The Bertz CT molecular complexity index is 769. The van der Waals surface area contributed by atoms with Crippen LogP contribution in [0.4, 0.5) is 4.79 Å². The predicted molar refractivity (Wildman–Crippen MR) is 120 cm³/mol. The monoisotopic (exact) mass is 410 g/mol. The molecule has 0 unspecified atom stereocenters. The SMILES string of the molecule is CC(C)COC(=O)N1CCC(N(C)CCc2ccc(Oc3ccccc3)cc2)CC1. The van der Waals surface area contributed by atoms with Crippen molar-refractivity contribution in [2.24, 2.45) is 5.92 Å². The normalized spacial score (nSPS) is 14.9. The zero-order chi connectivity index (χ0) is 21.3. The molecule has 1 heterocycles. The molecule has 1 fully saturated rings. The maximum absolute atomic E-state index is 12.1. The lowest BCUT2D eigenvalue weighted by Gasteiger charge is -2.36.